The van der Waals surface area contributed by atoms with Gasteiger partial charge in [0.25, 0.3) is 6.36 Å². The SMILES string of the molecule is FC(Oc1ccccc1)c1cccc2occc12. The standard InChI is InChI=1S/C15H11FO2/c16-15(18-11-5-2-1-3-6-11)13-7-4-8-14-12(13)9-10-17-14/h1-10,15H. The molecule has 2 aromatic carbocycles. The molecule has 3 rings (SSSR count). The van der Waals surface area contributed by atoms with E-state index in [2.05, 4.69) is 0 Å². The summed E-state index contributed by atoms with van der Waals surface area (Å²) in [6, 6.07) is 15.9. The van der Waals surface area contributed by atoms with Gasteiger partial charge in [0, 0.05) is 10.9 Å². The molecule has 1 atom stereocenters. The highest BCUT2D eigenvalue weighted by molar-refractivity contribution is 5.81. The number of furan rings is 1. The number of rotatable bonds is 3. The molecule has 0 N–H and O–H groups in total. The van der Waals surface area contributed by atoms with E-state index in [-0.39, 0.29) is 0 Å². The average Bonchev–Trinajstić information content (AvgIpc) is 2.87. The molecule has 3 heteroatoms. The monoisotopic (exact) mass is 242 g/mol. The van der Waals surface area contributed by atoms with E-state index in [1.165, 1.54) is 0 Å². The predicted octanol–water partition coefficient (Wildman–Crippen LogP) is 4.48. The van der Waals surface area contributed by atoms with Crippen LogP contribution in [0.3, 0.4) is 0 Å². The Morgan fingerprint density at radius 1 is 0.944 bits per heavy atom. The normalized spacial score (nSPS) is 12.5. The number of halogens is 1. The number of fused-ring (bicyclic) bond motifs is 1. The van der Waals surface area contributed by atoms with Crippen molar-refractivity contribution in [1.29, 1.82) is 0 Å². The molecule has 0 spiro atoms. The summed E-state index contributed by atoms with van der Waals surface area (Å²) >= 11 is 0. The lowest BCUT2D eigenvalue weighted by Crippen LogP contribution is -2.01. The van der Waals surface area contributed by atoms with Crippen LogP contribution in [-0.2, 0) is 0 Å². The molecule has 0 radical (unpaired) electrons. The van der Waals surface area contributed by atoms with Crippen LogP contribution in [0.2, 0.25) is 0 Å². The van der Waals surface area contributed by atoms with Crippen molar-refractivity contribution in [3.8, 4) is 5.75 Å². The first-order valence-corrected chi connectivity index (χ1v) is 5.66. The van der Waals surface area contributed by atoms with Crippen LogP contribution in [0.25, 0.3) is 11.0 Å². The molecule has 0 amide bonds. The molecule has 1 heterocycles. The summed E-state index contributed by atoms with van der Waals surface area (Å²) in [7, 11) is 0. The zero-order valence-corrected chi connectivity index (χ0v) is 9.55. The maximum Gasteiger partial charge on any atom is 0.264 e. The molecule has 1 aromatic heterocycles. The molecule has 18 heavy (non-hydrogen) atoms. The maximum atomic E-state index is 14.2. The Kier molecular flexibility index (Phi) is 2.73. The Morgan fingerprint density at radius 3 is 2.61 bits per heavy atom. The van der Waals surface area contributed by atoms with Gasteiger partial charge in [-0.2, -0.15) is 4.39 Å². The first-order valence-electron chi connectivity index (χ1n) is 5.66. The molecule has 1 unspecified atom stereocenters. The molecular formula is C15H11FO2. The first-order chi connectivity index (χ1) is 8.84. The van der Waals surface area contributed by atoms with Gasteiger partial charge in [0.1, 0.15) is 11.3 Å². The molecule has 0 aliphatic heterocycles. The number of ether oxygens (including phenoxy) is 1. The lowest BCUT2D eigenvalue weighted by molar-refractivity contribution is 0.0685. The van der Waals surface area contributed by atoms with Crippen LogP contribution in [-0.4, -0.2) is 0 Å². The number of benzene rings is 2. The third-order valence-corrected chi connectivity index (χ3v) is 2.76. The van der Waals surface area contributed by atoms with Crippen LogP contribution in [0.4, 0.5) is 4.39 Å². The largest absolute Gasteiger partial charge is 0.464 e. The van der Waals surface area contributed by atoms with Crippen LogP contribution in [0.15, 0.2) is 65.3 Å². The fraction of sp³-hybridized carbons (Fsp3) is 0.0667. The van der Waals surface area contributed by atoms with E-state index < -0.39 is 6.36 Å². The quantitative estimate of drug-likeness (QED) is 0.675. The summed E-state index contributed by atoms with van der Waals surface area (Å²) in [5.74, 6) is 0.505. The number of hydrogen-bond donors (Lipinski definition) is 0. The molecule has 2 nitrogen and oxygen atoms in total. The zero-order valence-electron chi connectivity index (χ0n) is 9.55. The second-order valence-corrected chi connectivity index (χ2v) is 3.93. The van der Waals surface area contributed by atoms with Crippen molar-refractivity contribution < 1.29 is 13.5 Å². The summed E-state index contributed by atoms with van der Waals surface area (Å²) < 4.78 is 24.7. The van der Waals surface area contributed by atoms with Crippen molar-refractivity contribution >= 4 is 11.0 Å². The van der Waals surface area contributed by atoms with Crippen LogP contribution in [0, 0.1) is 0 Å². The van der Waals surface area contributed by atoms with E-state index >= 15 is 0 Å². The first kappa shape index (κ1) is 10.8. The highest BCUT2D eigenvalue weighted by atomic mass is 19.1. The summed E-state index contributed by atoms with van der Waals surface area (Å²) in [5.41, 5.74) is 1.14. The number of para-hydroxylation sites is 1. The van der Waals surface area contributed by atoms with Gasteiger partial charge in [-0.05, 0) is 24.3 Å². The topological polar surface area (TPSA) is 22.4 Å². The van der Waals surface area contributed by atoms with E-state index in [9.17, 15) is 4.39 Å². The Bertz CT molecular complexity index is 646. The minimum Gasteiger partial charge on any atom is -0.464 e. The van der Waals surface area contributed by atoms with Crippen LogP contribution in [0.1, 0.15) is 11.9 Å². The molecule has 3 aromatic rings. The van der Waals surface area contributed by atoms with Gasteiger partial charge in [0.15, 0.2) is 0 Å². The second-order valence-electron chi connectivity index (χ2n) is 3.93. The van der Waals surface area contributed by atoms with Gasteiger partial charge in [-0.3, -0.25) is 0 Å². The Labute approximate surface area is 104 Å². The van der Waals surface area contributed by atoms with Gasteiger partial charge in [-0.1, -0.05) is 30.3 Å². The summed E-state index contributed by atoms with van der Waals surface area (Å²) in [5, 5.41) is 0.737. The van der Waals surface area contributed by atoms with Gasteiger partial charge in [-0.25, -0.2) is 0 Å². The van der Waals surface area contributed by atoms with Gasteiger partial charge < -0.3 is 9.15 Å². The van der Waals surface area contributed by atoms with E-state index in [4.69, 9.17) is 9.15 Å². The van der Waals surface area contributed by atoms with Crippen LogP contribution in [0.5, 0.6) is 5.75 Å². The van der Waals surface area contributed by atoms with Gasteiger partial charge in [-0.15, -0.1) is 0 Å². The highest BCUT2D eigenvalue weighted by Crippen LogP contribution is 2.29. The minimum absolute atomic E-state index is 0.477. The molecule has 0 aliphatic rings. The third-order valence-electron chi connectivity index (χ3n) is 2.76. The lowest BCUT2D eigenvalue weighted by atomic mass is 10.1. The predicted molar refractivity (Wildman–Crippen MR) is 67.1 cm³/mol. The maximum absolute atomic E-state index is 14.2. The third kappa shape index (κ3) is 1.95. The molecule has 0 aliphatic carbocycles. The van der Waals surface area contributed by atoms with Crippen LogP contribution >= 0.6 is 0 Å². The van der Waals surface area contributed by atoms with Crippen molar-refractivity contribution in [2.24, 2.45) is 0 Å². The Balaban J connectivity index is 1.92. The molecule has 90 valence electrons. The summed E-state index contributed by atoms with van der Waals surface area (Å²) in [6.07, 6.45) is 0.0392. The van der Waals surface area contributed by atoms with E-state index in [0.717, 1.165) is 5.39 Å². The van der Waals surface area contributed by atoms with E-state index in [0.29, 0.717) is 16.9 Å². The van der Waals surface area contributed by atoms with Gasteiger partial charge in [0.2, 0.25) is 0 Å². The van der Waals surface area contributed by atoms with Gasteiger partial charge >= 0.3 is 0 Å². The highest BCUT2D eigenvalue weighted by Gasteiger charge is 2.15. The van der Waals surface area contributed by atoms with Crippen LogP contribution < -0.4 is 4.74 Å². The van der Waals surface area contributed by atoms with Gasteiger partial charge in [0.05, 0.1) is 6.26 Å². The average molecular weight is 242 g/mol. The summed E-state index contributed by atoms with van der Waals surface area (Å²) in [4.78, 5) is 0. The minimum atomic E-state index is -1.51. The number of hydrogen-bond acceptors (Lipinski definition) is 2. The second kappa shape index (κ2) is 4.53. The smallest absolute Gasteiger partial charge is 0.264 e. The van der Waals surface area contributed by atoms with E-state index in [1.807, 2.05) is 6.07 Å². The van der Waals surface area contributed by atoms with Crippen molar-refractivity contribution in [3.05, 3.63) is 66.4 Å². The van der Waals surface area contributed by atoms with Crippen molar-refractivity contribution in [2.45, 2.75) is 6.36 Å². The lowest BCUT2D eigenvalue weighted by Gasteiger charge is -2.12. The number of alkyl halides is 1. The molecule has 0 fully saturated rings. The molecular weight excluding hydrogens is 231 g/mol. The zero-order chi connectivity index (χ0) is 12.4. The molecule has 0 bridgehead atoms. The fourth-order valence-electron chi connectivity index (χ4n) is 1.90. The molecule has 0 saturated heterocycles. The Morgan fingerprint density at radius 2 is 1.78 bits per heavy atom. The molecule has 0 saturated carbocycles. The fourth-order valence-corrected chi connectivity index (χ4v) is 1.90. The summed E-state index contributed by atoms with van der Waals surface area (Å²) in [6.45, 7) is 0. The van der Waals surface area contributed by atoms with Crippen molar-refractivity contribution in [2.75, 3.05) is 0 Å². The van der Waals surface area contributed by atoms with E-state index in [1.54, 1.807) is 54.8 Å². The van der Waals surface area contributed by atoms with Crippen molar-refractivity contribution in [3.63, 3.8) is 0 Å². The Hall–Kier alpha value is -2.29. The van der Waals surface area contributed by atoms with Crippen molar-refractivity contribution in [1.82, 2.24) is 0 Å².